The van der Waals surface area contributed by atoms with Crippen LogP contribution in [0.15, 0.2) is 53.4 Å². The maximum Gasteiger partial charge on any atom is 0.573 e. The van der Waals surface area contributed by atoms with E-state index < -0.39 is 39.5 Å². The molecule has 0 saturated carbocycles. The molecule has 12 heteroatoms. The molecule has 1 amide bonds. The van der Waals surface area contributed by atoms with Crippen LogP contribution in [0.5, 0.6) is 17.2 Å². The first-order valence-electron chi connectivity index (χ1n) is 9.47. The first-order chi connectivity index (χ1) is 15.1. The lowest BCUT2D eigenvalue weighted by Crippen LogP contribution is -2.51. The molecule has 1 heterocycles. The molecule has 0 bridgehead atoms. The Bertz CT molecular complexity index is 1000. The van der Waals surface area contributed by atoms with Gasteiger partial charge in [0.05, 0.1) is 17.0 Å². The van der Waals surface area contributed by atoms with Crippen LogP contribution in [0.4, 0.5) is 13.2 Å². The van der Waals surface area contributed by atoms with Crippen molar-refractivity contribution in [1.29, 1.82) is 0 Å². The minimum absolute atomic E-state index is 0.198. The van der Waals surface area contributed by atoms with E-state index in [1.54, 1.807) is 0 Å². The second-order valence-electron chi connectivity index (χ2n) is 6.89. The number of sulfone groups is 1. The van der Waals surface area contributed by atoms with E-state index in [-0.39, 0.29) is 16.4 Å². The second-order valence-corrected chi connectivity index (χ2v) is 8.93. The van der Waals surface area contributed by atoms with Gasteiger partial charge in [-0.25, -0.2) is 8.42 Å². The number of benzene rings is 2. The third-order valence-corrected chi connectivity index (χ3v) is 6.55. The number of carbonyl (C=O) groups is 1. The van der Waals surface area contributed by atoms with Crippen LogP contribution in [0.25, 0.3) is 0 Å². The molecule has 3 rings (SSSR count). The zero-order chi connectivity index (χ0) is 23.4. The maximum atomic E-state index is 12.8. The van der Waals surface area contributed by atoms with Crippen molar-refractivity contribution < 1.29 is 45.7 Å². The van der Waals surface area contributed by atoms with Crippen LogP contribution in [0.3, 0.4) is 0 Å². The fraction of sp³-hybridized carbons (Fsp3) is 0.350. The van der Waals surface area contributed by atoms with Crippen molar-refractivity contribution in [3.8, 4) is 17.2 Å². The van der Waals surface area contributed by atoms with E-state index in [9.17, 15) is 31.5 Å². The van der Waals surface area contributed by atoms with Crippen molar-refractivity contribution in [3.05, 3.63) is 48.5 Å². The first-order valence-corrected chi connectivity index (χ1v) is 11.0. The van der Waals surface area contributed by atoms with Crippen molar-refractivity contribution in [2.24, 2.45) is 0 Å². The number of rotatable bonds is 9. The van der Waals surface area contributed by atoms with Crippen molar-refractivity contribution in [1.82, 2.24) is 5.32 Å². The van der Waals surface area contributed by atoms with E-state index in [2.05, 4.69) is 10.1 Å². The summed E-state index contributed by atoms with van der Waals surface area (Å²) in [6.07, 6.45) is -3.94. The molecule has 1 fully saturated rings. The molecular formula is C20H20F3NO7S. The Morgan fingerprint density at radius 2 is 1.62 bits per heavy atom. The molecule has 3 atom stereocenters. The van der Waals surface area contributed by atoms with Gasteiger partial charge in [0, 0.05) is 6.61 Å². The highest BCUT2D eigenvalue weighted by molar-refractivity contribution is 7.92. The molecule has 2 aromatic carbocycles. The van der Waals surface area contributed by atoms with Gasteiger partial charge in [0.25, 0.3) is 0 Å². The molecule has 1 aliphatic heterocycles. The zero-order valence-electron chi connectivity index (χ0n) is 16.5. The van der Waals surface area contributed by atoms with Gasteiger partial charge in [-0.15, -0.1) is 13.2 Å². The number of aliphatic hydroxyl groups is 1. The van der Waals surface area contributed by atoms with Crippen LogP contribution in [0.1, 0.15) is 12.8 Å². The average molecular weight is 475 g/mol. The Kier molecular flexibility index (Phi) is 7.26. The highest BCUT2D eigenvalue weighted by atomic mass is 32.2. The molecule has 0 spiro atoms. The average Bonchev–Trinajstić information content (AvgIpc) is 3.27. The first kappa shape index (κ1) is 23.8. The van der Waals surface area contributed by atoms with Gasteiger partial charge in [0.2, 0.25) is 16.2 Å². The number of aliphatic hydroxyl groups excluding tert-OH is 1. The molecular weight excluding hydrogens is 455 g/mol. The topological polar surface area (TPSA) is 111 Å². The summed E-state index contributed by atoms with van der Waals surface area (Å²) < 4.78 is 76.9. The lowest BCUT2D eigenvalue weighted by atomic mass is 10.1. The molecule has 1 unspecified atom stereocenters. The summed E-state index contributed by atoms with van der Waals surface area (Å²) in [5, 5.41) is 12.8. The minimum Gasteiger partial charge on any atom is -0.457 e. The third kappa shape index (κ3) is 5.90. The Morgan fingerprint density at radius 1 is 1.06 bits per heavy atom. The molecule has 32 heavy (non-hydrogen) atoms. The summed E-state index contributed by atoms with van der Waals surface area (Å²) in [4.78, 5) is 10.7. The number of amides is 1. The van der Waals surface area contributed by atoms with Gasteiger partial charge in [0.1, 0.15) is 17.2 Å². The predicted octanol–water partition coefficient (Wildman–Crippen LogP) is 2.76. The highest BCUT2D eigenvalue weighted by Gasteiger charge is 2.39. The van der Waals surface area contributed by atoms with Crippen LogP contribution in [0.2, 0.25) is 0 Å². The van der Waals surface area contributed by atoms with E-state index in [0.717, 1.165) is 12.1 Å². The SMILES string of the molecule is O=CN[C@@H](C(O)S(=O)(=O)c1ccc(Oc2ccc(OC(F)(F)F)cc2)cc1)[C@H]1CCCO1. The largest absolute Gasteiger partial charge is 0.573 e. The van der Waals surface area contributed by atoms with Gasteiger partial charge in [-0.1, -0.05) is 0 Å². The standard InChI is InChI=1S/C20H20F3NO7S/c21-20(22,23)31-15-5-3-13(4-6-15)30-14-7-9-16(10-8-14)32(27,28)19(26)18(24-12-25)17-2-1-11-29-17/h3-10,12,17-19,26H,1-2,11H2,(H,24,25)/t17-,18-,19?/m1/s1. The van der Waals surface area contributed by atoms with Crippen LogP contribution in [0, 0.1) is 0 Å². The predicted molar refractivity (Wildman–Crippen MR) is 105 cm³/mol. The van der Waals surface area contributed by atoms with E-state index in [4.69, 9.17) is 9.47 Å². The lowest BCUT2D eigenvalue weighted by molar-refractivity contribution is -0.274. The van der Waals surface area contributed by atoms with E-state index >= 15 is 0 Å². The summed E-state index contributed by atoms with van der Waals surface area (Å²) in [6.45, 7) is 0.407. The molecule has 1 saturated heterocycles. The third-order valence-electron chi connectivity index (χ3n) is 4.70. The number of nitrogens with one attached hydrogen (secondary N) is 1. The van der Waals surface area contributed by atoms with Crippen LogP contribution in [-0.2, 0) is 19.4 Å². The fourth-order valence-electron chi connectivity index (χ4n) is 3.21. The quantitative estimate of drug-likeness (QED) is 0.537. The number of hydrogen-bond acceptors (Lipinski definition) is 7. The Balaban J connectivity index is 1.70. The van der Waals surface area contributed by atoms with E-state index in [1.165, 1.54) is 36.4 Å². The smallest absolute Gasteiger partial charge is 0.457 e. The van der Waals surface area contributed by atoms with Gasteiger partial charge in [-0.2, -0.15) is 0 Å². The number of ether oxygens (including phenoxy) is 3. The summed E-state index contributed by atoms with van der Waals surface area (Å²) in [6, 6.07) is 8.60. The van der Waals surface area contributed by atoms with Crippen molar-refractivity contribution in [2.45, 2.75) is 41.7 Å². The summed E-state index contributed by atoms with van der Waals surface area (Å²) in [5.74, 6) is -0.00146. The molecule has 0 aliphatic carbocycles. The minimum atomic E-state index is -4.81. The Labute approximate surface area is 181 Å². The summed E-state index contributed by atoms with van der Waals surface area (Å²) >= 11 is 0. The van der Waals surface area contributed by atoms with Gasteiger partial charge in [0.15, 0.2) is 5.44 Å². The molecule has 0 radical (unpaired) electrons. The van der Waals surface area contributed by atoms with Gasteiger partial charge < -0.3 is 24.6 Å². The molecule has 0 aromatic heterocycles. The molecule has 8 nitrogen and oxygen atoms in total. The highest BCUT2D eigenvalue weighted by Crippen LogP contribution is 2.29. The molecule has 174 valence electrons. The van der Waals surface area contributed by atoms with Crippen LogP contribution in [-0.4, -0.2) is 50.5 Å². The number of alkyl halides is 3. The van der Waals surface area contributed by atoms with E-state index in [1.807, 2.05) is 0 Å². The van der Waals surface area contributed by atoms with E-state index in [0.29, 0.717) is 25.9 Å². The Hall–Kier alpha value is -2.83. The monoisotopic (exact) mass is 475 g/mol. The number of hydrogen-bond donors (Lipinski definition) is 2. The number of carbonyl (C=O) groups excluding carboxylic acids is 1. The van der Waals surface area contributed by atoms with Crippen molar-refractivity contribution in [2.75, 3.05) is 6.61 Å². The summed E-state index contributed by atoms with van der Waals surface area (Å²) in [5.41, 5.74) is -1.93. The van der Waals surface area contributed by atoms with Gasteiger partial charge in [-0.05, 0) is 61.4 Å². The summed E-state index contributed by atoms with van der Waals surface area (Å²) in [7, 11) is -4.23. The molecule has 2 N–H and O–H groups in total. The zero-order valence-corrected chi connectivity index (χ0v) is 17.3. The maximum absolute atomic E-state index is 12.8. The van der Waals surface area contributed by atoms with Crippen LogP contribution < -0.4 is 14.8 Å². The molecule has 1 aliphatic rings. The number of halogens is 3. The molecule has 2 aromatic rings. The second kappa shape index (κ2) is 9.76. The van der Waals surface area contributed by atoms with Gasteiger partial charge >= 0.3 is 6.36 Å². The van der Waals surface area contributed by atoms with Crippen molar-refractivity contribution >= 4 is 16.2 Å². The normalized spacial score (nSPS) is 18.6. The Morgan fingerprint density at radius 3 is 2.12 bits per heavy atom. The van der Waals surface area contributed by atoms with Gasteiger partial charge in [-0.3, -0.25) is 4.79 Å². The van der Waals surface area contributed by atoms with Crippen molar-refractivity contribution in [3.63, 3.8) is 0 Å². The fourth-order valence-corrected chi connectivity index (χ4v) is 4.65. The van der Waals surface area contributed by atoms with Crippen LogP contribution >= 0.6 is 0 Å². The lowest BCUT2D eigenvalue weighted by Gasteiger charge is -2.27.